The van der Waals surface area contributed by atoms with Crippen molar-refractivity contribution < 1.29 is 17.6 Å². The van der Waals surface area contributed by atoms with E-state index < -0.39 is 28.8 Å². The van der Waals surface area contributed by atoms with Crippen molar-refractivity contribution in [2.75, 3.05) is 0 Å². The lowest BCUT2D eigenvalue weighted by Crippen LogP contribution is -2.23. The first-order valence-electron chi connectivity index (χ1n) is 9.51. The van der Waals surface area contributed by atoms with Gasteiger partial charge in [0.15, 0.2) is 5.16 Å². The van der Waals surface area contributed by atoms with Gasteiger partial charge in [-0.05, 0) is 35.9 Å². The molecule has 33 heavy (non-hydrogen) atoms. The molecular weight excluding hydrogens is 462 g/mol. The third-order valence-electron chi connectivity index (χ3n) is 4.57. The minimum absolute atomic E-state index is 0.0354. The van der Waals surface area contributed by atoms with Gasteiger partial charge in [0.05, 0.1) is 5.56 Å². The second-order valence-corrected chi connectivity index (χ2v) is 7.93. The first-order chi connectivity index (χ1) is 15.7. The molecule has 0 radical (unpaired) electrons. The molecule has 0 aliphatic rings. The number of nitrogens with zero attached hydrogens (tertiary/aromatic N) is 3. The van der Waals surface area contributed by atoms with Gasteiger partial charge >= 0.3 is 11.9 Å². The number of thioether (sulfide) groups is 1. The van der Waals surface area contributed by atoms with Crippen LogP contribution in [0.4, 0.5) is 17.6 Å². The van der Waals surface area contributed by atoms with Crippen molar-refractivity contribution >= 4 is 11.8 Å². The molecule has 0 atom stereocenters. The summed E-state index contributed by atoms with van der Waals surface area (Å²) < 4.78 is 54.1. The third-order valence-corrected chi connectivity index (χ3v) is 5.57. The Hall–Kier alpha value is -3.67. The fourth-order valence-electron chi connectivity index (χ4n) is 3.13. The lowest BCUT2D eigenvalue weighted by Gasteiger charge is -2.11. The summed E-state index contributed by atoms with van der Waals surface area (Å²) in [4.78, 5) is 27.8. The van der Waals surface area contributed by atoms with Gasteiger partial charge in [-0.3, -0.25) is 14.3 Å². The normalized spacial score (nSPS) is 11.6. The number of nitrogens with one attached hydrogen (secondary N) is 2. The highest BCUT2D eigenvalue weighted by Crippen LogP contribution is 2.31. The quantitative estimate of drug-likeness (QED) is 0.326. The first-order valence-corrected chi connectivity index (χ1v) is 10.5. The zero-order valence-corrected chi connectivity index (χ0v) is 17.5. The summed E-state index contributed by atoms with van der Waals surface area (Å²) in [6.07, 6.45) is -4.42. The number of hydrogen-bond donors (Lipinski definition) is 2. The largest absolute Gasteiger partial charge is 0.416 e. The molecule has 0 aliphatic heterocycles. The van der Waals surface area contributed by atoms with E-state index in [0.717, 1.165) is 23.9 Å². The summed E-state index contributed by atoms with van der Waals surface area (Å²) in [5.41, 5.74) is -0.780. The highest BCUT2D eigenvalue weighted by atomic mass is 32.2. The van der Waals surface area contributed by atoms with Gasteiger partial charge in [0.25, 0.3) is 5.56 Å². The van der Waals surface area contributed by atoms with Crippen LogP contribution < -0.4 is 11.2 Å². The zero-order valence-electron chi connectivity index (χ0n) is 16.7. The summed E-state index contributed by atoms with van der Waals surface area (Å²) >= 11 is 1.14. The molecule has 0 unspecified atom stereocenters. The van der Waals surface area contributed by atoms with Gasteiger partial charge in [0.2, 0.25) is 0 Å². The highest BCUT2D eigenvalue weighted by Gasteiger charge is 2.30. The van der Waals surface area contributed by atoms with E-state index >= 15 is 0 Å². The molecule has 0 saturated heterocycles. The van der Waals surface area contributed by atoms with Crippen LogP contribution in [-0.2, 0) is 18.3 Å². The van der Waals surface area contributed by atoms with Crippen LogP contribution in [0.3, 0.4) is 0 Å². The van der Waals surface area contributed by atoms with Crippen molar-refractivity contribution in [3.05, 3.63) is 104 Å². The van der Waals surface area contributed by atoms with Crippen molar-refractivity contribution in [1.29, 1.82) is 0 Å². The molecule has 4 rings (SSSR count). The van der Waals surface area contributed by atoms with Crippen LogP contribution in [0.2, 0.25) is 0 Å². The Labute approximate surface area is 187 Å². The SMILES string of the molecule is O=c1cc(Cc2nnc(SCc3cccc(C(F)(F)F)c3)n2-c2ccc(F)cc2)[nH]c(=O)[nH]1. The Morgan fingerprint density at radius 1 is 0.970 bits per heavy atom. The van der Waals surface area contributed by atoms with Gasteiger partial charge < -0.3 is 4.98 Å². The second-order valence-electron chi connectivity index (χ2n) is 6.99. The van der Waals surface area contributed by atoms with E-state index in [9.17, 15) is 27.2 Å². The molecular formula is C21H15F4N5O2S. The molecule has 0 aliphatic carbocycles. The van der Waals surface area contributed by atoms with E-state index in [1.54, 1.807) is 10.6 Å². The van der Waals surface area contributed by atoms with Crippen LogP contribution in [0.1, 0.15) is 22.6 Å². The molecule has 0 spiro atoms. The summed E-state index contributed by atoms with van der Waals surface area (Å²) in [5, 5.41) is 8.60. The molecule has 2 N–H and O–H groups in total. The number of aromatic amines is 2. The summed E-state index contributed by atoms with van der Waals surface area (Å²) in [6.45, 7) is 0. The minimum Gasteiger partial charge on any atom is -0.311 e. The molecule has 2 aromatic carbocycles. The van der Waals surface area contributed by atoms with Gasteiger partial charge in [0, 0.05) is 29.6 Å². The molecule has 12 heteroatoms. The number of aromatic nitrogens is 5. The maximum Gasteiger partial charge on any atom is 0.416 e. The number of benzene rings is 2. The van der Waals surface area contributed by atoms with E-state index in [0.29, 0.717) is 22.2 Å². The molecule has 170 valence electrons. The fraction of sp³-hybridized carbons (Fsp3) is 0.143. The minimum atomic E-state index is -4.45. The maximum atomic E-state index is 13.5. The van der Waals surface area contributed by atoms with Crippen LogP contribution in [0.25, 0.3) is 5.69 Å². The van der Waals surface area contributed by atoms with Crippen LogP contribution in [0, 0.1) is 5.82 Å². The van der Waals surface area contributed by atoms with Crippen LogP contribution in [0.15, 0.2) is 69.3 Å². The van der Waals surface area contributed by atoms with E-state index in [-0.39, 0.29) is 17.9 Å². The van der Waals surface area contributed by atoms with Crippen molar-refractivity contribution in [3.8, 4) is 5.69 Å². The van der Waals surface area contributed by atoms with Crippen molar-refractivity contribution in [1.82, 2.24) is 24.7 Å². The predicted molar refractivity (Wildman–Crippen MR) is 113 cm³/mol. The summed E-state index contributed by atoms with van der Waals surface area (Å²) in [6, 6.07) is 11.7. The number of halogens is 4. The van der Waals surface area contributed by atoms with Gasteiger partial charge in [-0.25, -0.2) is 9.18 Å². The molecule has 0 bridgehead atoms. The van der Waals surface area contributed by atoms with Gasteiger partial charge in [-0.15, -0.1) is 10.2 Å². The Bertz CT molecular complexity index is 1370. The van der Waals surface area contributed by atoms with E-state index in [1.165, 1.54) is 36.4 Å². The molecule has 0 fully saturated rings. The predicted octanol–water partition coefficient (Wildman–Crippen LogP) is 3.68. The number of alkyl halides is 3. The second kappa shape index (κ2) is 9.06. The molecule has 0 amide bonds. The maximum absolute atomic E-state index is 13.5. The first kappa shape index (κ1) is 22.5. The van der Waals surface area contributed by atoms with Crippen LogP contribution in [0.5, 0.6) is 0 Å². The lowest BCUT2D eigenvalue weighted by molar-refractivity contribution is -0.137. The van der Waals surface area contributed by atoms with Crippen molar-refractivity contribution in [3.63, 3.8) is 0 Å². The van der Waals surface area contributed by atoms with Gasteiger partial charge in [-0.2, -0.15) is 13.2 Å². The van der Waals surface area contributed by atoms with E-state index in [4.69, 9.17) is 0 Å². The van der Waals surface area contributed by atoms with Crippen LogP contribution in [-0.4, -0.2) is 24.7 Å². The van der Waals surface area contributed by atoms with Crippen LogP contribution >= 0.6 is 11.8 Å². The standard InChI is InChI=1S/C21H15F4N5O2S/c22-14-4-6-16(7-5-14)30-17(9-15-10-18(31)27-19(32)26-15)28-29-20(30)33-11-12-2-1-3-13(8-12)21(23,24)25/h1-8,10H,9,11H2,(H2,26,27,31,32). The molecule has 2 aromatic heterocycles. The number of hydrogen-bond acceptors (Lipinski definition) is 5. The molecule has 4 aromatic rings. The van der Waals surface area contributed by atoms with Crippen molar-refractivity contribution in [2.45, 2.75) is 23.5 Å². The zero-order chi connectivity index (χ0) is 23.6. The lowest BCUT2D eigenvalue weighted by atomic mass is 10.1. The van der Waals surface area contributed by atoms with Gasteiger partial charge in [-0.1, -0.05) is 30.0 Å². The molecule has 7 nitrogen and oxygen atoms in total. The van der Waals surface area contributed by atoms with E-state index in [2.05, 4.69) is 20.2 Å². The molecule has 2 heterocycles. The highest BCUT2D eigenvalue weighted by molar-refractivity contribution is 7.98. The Morgan fingerprint density at radius 3 is 2.42 bits per heavy atom. The molecule has 0 saturated carbocycles. The third kappa shape index (κ3) is 5.40. The summed E-state index contributed by atoms with van der Waals surface area (Å²) in [5.74, 6) is 0.0605. The number of H-pyrrole nitrogens is 2. The van der Waals surface area contributed by atoms with E-state index in [1.807, 2.05) is 0 Å². The number of rotatable bonds is 6. The summed E-state index contributed by atoms with van der Waals surface area (Å²) in [7, 11) is 0. The average Bonchev–Trinajstić information content (AvgIpc) is 3.14. The average molecular weight is 477 g/mol. The van der Waals surface area contributed by atoms with Gasteiger partial charge in [0.1, 0.15) is 11.6 Å². The monoisotopic (exact) mass is 477 g/mol. The Balaban J connectivity index is 1.67. The smallest absolute Gasteiger partial charge is 0.311 e. The topological polar surface area (TPSA) is 96.4 Å². The fourth-order valence-corrected chi connectivity index (χ4v) is 4.04. The van der Waals surface area contributed by atoms with Crippen molar-refractivity contribution in [2.24, 2.45) is 0 Å². The Kier molecular flexibility index (Phi) is 6.18. The Morgan fingerprint density at radius 2 is 1.73 bits per heavy atom.